The lowest BCUT2D eigenvalue weighted by atomic mass is 10.2. The monoisotopic (exact) mass is 256 g/mol. The van der Waals surface area contributed by atoms with Crippen molar-refractivity contribution >= 4 is 27.9 Å². The maximum Gasteiger partial charge on any atom is 0.0578 e. The van der Waals surface area contributed by atoms with Crippen LogP contribution < -0.4 is 5.32 Å². The van der Waals surface area contributed by atoms with Crippen molar-refractivity contribution in [2.24, 2.45) is 0 Å². The zero-order chi connectivity index (χ0) is 12.5. The maximum atomic E-state index is 3.55. The van der Waals surface area contributed by atoms with Gasteiger partial charge in [-0.15, -0.1) is 11.3 Å². The number of hydrogen-bond acceptors (Lipinski definition) is 2. The number of fused-ring (bicyclic) bond motifs is 1. The molecule has 0 aliphatic carbocycles. The van der Waals surface area contributed by atoms with Crippen LogP contribution >= 0.6 is 11.3 Å². The third-order valence-electron chi connectivity index (χ3n) is 3.12. The van der Waals surface area contributed by atoms with Crippen molar-refractivity contribution in [3.05, 3.63) is 52.3 Å². The predicted octanol–water partition coefficient (Wildman–Crippen LogP) is 4.71. The second-order valence-electron chi connectivity index (χ2n) is 4.59. The molecule has 3 rings (SSSR count). The molecule has 2 heterocycles. The zero-order valence-corrected chi connectivity index (χ0v) is 11.3. The minimum absolute atomic E-state index is 0.347. The van der Waals surface area contributed by atoms with Crippen LogP contribution in [0, 0.1) is 6.92 Å². The van der Waals surface area contributed by atoms with Crippen molar-refractivity contribution < 1.29 is 0 Å². The zero-order valence-electron chi connectivity index (χ0n) is 10.5. The molecule has 0 spiro atoms. The number of benzene rings is 1. The van der Waals surface area contributed by atoms with Crippen LogP contribution in [0.5, 0.6) is 0 Å². The first-order valence-corrected chi connectivity index (χ1v) is 6.94. The summed E-state index contributed by atoms with van der Waals surface area (Å²) in [6, 6.07) is 13.2. The van der Waals surface area contributed by atoms with Crippen LogP contribution in [0.3, 0.4) is 0 Å². The van der Waals surface area contributed by atoms with Crippen molar-refractivity contribution in [3.63, 3.8) is 0 Å². The number of thiophene rings is 1. The summed E-state index contributed by atoms with van der Waals surface area (Å²) in [5.74, 6) is 0. The molecular weight excluding hydrogens is 240 g/mol. The summed E-state index contributed by atoms with van der Waals surface area (Å²) in [5.41, 5.74) is 2.35. The number of hydrogen-bond donors (Lipinski definition) is 2. The lowest BCUT2D eigenvalue weighted by molar-refractivity contribution is 0.909. The van der Waals surface area contributed by atoms with Crippen LogP contribution in [0.15, 0.2) is 42.6 Å². The number of H-pyrrole nitrogens is 1. The van der Waals surface area contributed by atoms with E-state index in [-0.39, 0.29) is 0 Å². The van der Waals surface area contributed by atoms with Gasteiger partial charge >= 0.3 is 0 Å². The van der Waals surface area contributed by atoms with Gasteiger partial charge < -0.3 is 10.3 Å². The molecule has 0 amide bonds. The fraction of sp³-hybridized carbons (Fsp3) is 0.200. The van der Waals surface area contributed by atoms with E-state index >= 15 is 0 Å². The number of nitrogens with one attached hydrogen (secondary N) is 2. The normalized spacial score (nSPS) is 12.8. The van der Waals surface area contributed by atoms with Gasteiger partial charge in [-0.3, -0.25) is 0 Å². The first-order valence-electron chi connectivity index (χ1n) is 6.12. The number of aromatic nitrogens is 1. The van der Waals surface area contributed by atoms with Crippen LogP contribution in [0.25, 0.3) is 10.9 Å². The van der Waals surface area contributed by atoms with Crippen molar-refractivity contribution in [3.8, 4) is 0 Å². The van der Waals surface area contributed by atoms with E-state index in [1.165, 1.54) is 26.3 Å². The van der Waals surface area contributed by atoms with Gasteiger partial charge in [0.2, 0.25) is 0 Å². The summed E-state index contributed by atoms with van der Waals surface area (Å²) in [7, 11) is 0. The maximum absolute atomic E-state index is 3.55. The number of aryl methyl sites for hydroxylation is 1. The second kappa shape index (κ2) is 4.50. The third-order valence-corrected chi connectivity index (χ3v) is 4.31. The van der Waals surface area contributed by atoms with Gasteiger partial charge in [0.05, 0.1) is 6.04 Å². The quantitative estimate of drug-likeness (QED) is 0.697. The molecule has 0 saturated carbocycles. The summed E-state index contributed by atoms with van der Waals surface area (Å²) < 4.78 is 0. The molecule has 2 N–H and O–H groups in total. The molecule has 2 nitrogen and oxygen atoms in total. The van der Waals surface area contributed by atoms with Gasteiger partial charge in [0.15, 0.2) is 0 Å². The first kappa shape index (κ1) is 11.4. The van der Waals surface area contributed by atoms with Gasteiger partial charge in [-0.1, -0.05) is 0 Å². The fourth-order valence-electron chi connectivity index (χ4n) is 2.15. The van der Waals surface area contributed by atoms with Gasteiger partial charge in [0.25, 0.3) is 0 Å². The van der Waals surface area contributed by atoms with Crippen molar-refractivity contribution in [1.29, 1.82) is 0 Å². The van der Waals surface area contributed by atoms with Gasteiger partial charge in [0.1, 0.15) is 0 Å². The Balaban J connectivity index is 1.83. The highest BCUT2D eigenvalue weighted by molar-refractivity contribution is 7.12. The molecule has 2 aromatic heterocycles. The lowest BCUT2D eigenvalue weighted by Crippen LogP contribution is -2.04. The lowest BCUT2D eigenvalue weighted by Gasteiger charge is -2.13. The number of rotatable bonds is 3. The van der Waals surface area contributed by atoms with Crippen LogP contribution in [-0.2, 0) is 0 Å². The SMILES string of the molecule is Cc1ccc(C(C)Nc2ccc3[nH]ccc3c2)s1. The molecule has 0 bridgehead atoms. The molecule has 1 atom stereocenters. The molecule has 0 aliphatic heterocycles. The van der Waals surface area contributed by atoms with E-state index in [0.29, 0.717) is 6.04 Å². The van der Waals surface area contributed by atoms with Gasteiger partial charge in [-0.05, 0) is 50.2 Å². The van der Waals surface area contributed by atoms with Crippen molar-refractivity contribution in [2.75, 3.05) is 5.32 Å². The highest BCUT2D eigenvalue weighted by atomic mass is 32.1. The Morgan fingerprint density at radius 1 is 1.17 bits per heavy atom. The highest BCUT2D eigenvalue weighted by Gasteiger charge is 2.07. The van der Waals surface area contributed by atoms with Crippen molar-refractivity contribution in [1.82, 2.24) is 4.98 Å². The smallest absolute Gasteiger partial charge is 0.0578 e. The standard InChI is InChI=1S/C15H16N2S/c1-10-3-6-15(18-10)11(2)17-13-4-5-14-12(9-13)7-8-16-14/h3-9,11,16-17H,1-2H3. The molecule has 3 aromatic rings. The third kappa shape index (κ3) is 2.14. The Labute approximate surface area is 111 Å². The summed E-state index contributed by atoms with van der Waals surface area (Å²) in [4.78, 5) is 5.95. The van der Waals surface area contributed by atoms with E-state index in [1.807, 2.05) is 17.5 Å². The minimum atomic E-state index is 0.347. The Morgan fingerprint density at radius 3 is 2.83 bits per heavy atom. The highest BCUT2D eigenvalue weighted by Crippen LogP contribution is 2.27. The van der Waals surface area contributed by atoms with E-state index in [9.17, 15) is 0 Å². The van der Waals surface area contributed by atoms with Gasteiger partial charge in [-0.25, -0.2) is 0 Å². The van der Waals surface area contributed by atoms with E-state index < -0.39 is 0 Å². The van der Waals surface area contributed by atoms with Crippen LogP contribution in [0.2, 0.25) is 0 Å². The van der Waals surface area contributed by atoms with E-state index in [4.69, 9.17) is 0 Å². The Bertz CT molecular complexity index is 666. The first-order chi connectivity index (χ1) is 8.72. The number of anilines is 1. The van der Waals surface area contributed by atoms with E-state index in [1.54, 1.807) is 0 Å². The summed E-state index contributed by atoms with van der Waals surface area (Å²) in [5, 5.41) is 4.79. The van der Waals surface area contributed by atoms with Gasteiger partial charge in [-0.2, -0.15) is 0 Å². The molecule has 1 aromatic carbocycles. The molecule has 0 aliphatic rings. The van der Waals surface area contributed by atoms with Crippen molar-refractivity contribution in [2.45, 2.75) is 19.9 Å². The second-order valence-corrected chi connectivity index (χ2v) is 5.91. The predicted molar refractivity (Wildman–Crippen MR) is 79.4 cm³/mol. The van der Waals surface area contributed by atoms with Crippen LogP contribution in [0.1, 0.15) is 22.7 Å². The molecule has 0 fully saturated rings. The Kier molecular flexibility index (Phi) is 2.84. The average molecular weight is 256 g/mol. The molecule has 18 heavy (non-hydrogen) atoms. The molecule has 0 radical (unpaired) electrons. The topological polar surface area (TPSA) is 27.8 Å². The minimum Gasteiger partial charge on any atom is -0.378 e. The van der Waals surface area contributed by atoms with E-state index in [0.717, 1.165) is 0 Å². The molecular formula is C15H16N2S. The Morgan fingerprint density at radius 2 is 2.06 bits per heavy atom. The molecule has 92 valence electrons. The molecule has 1 unspecified atom stereocenters. The summed E-state index contributed by atoms with van der Waals surface area (Å²) in [6.07, 6.45) is 1.97. The van der Waals surface area contributed by atoms with Crippen LogP contribution in [-0.4, -0.2) is 4.98 Å². The van der Waals surface area contributed by atoms with Gasteiger partial charge in [0, 0.05) is 32.5 Å². The van der Waals surface area contributed by atoms with Crippen LogP contribution in [0.4, 0.5) is 5.69 Å². The average Bonchev–Trinajstić information content (AvgIpc) is 2.96. The Hall–Kier alpha value is -1.74. The molecule has 0 saturated heterocycles. The molecule has 3 heteroatoms. The fourth-order valence-corrected chi connectivity index (χ4v) is 3.03. The summed E-state index contributed by atoms with van der Waals surface area (Å²) in [6.45, 7) is 4.35. The number of aromatic amines is 1. The van der Waals surface area contributed by atoms with E-state index in [2.05, 4.69) is 60.5 Å². The largest absolute Gasteiger partial charge is 0.378 e. The summed E-state index contributed by atoms with van der Waals surface area (Å²) >= 11 is 1.85.